The van der Waals surface area contributed by atoms with E-state index in [0.717, 1.165) is 9.75 Å². The monoisotopic (exact) mass is 430 g/mol. The Morgan fingerprint density at radius 3 is 2.64 bits per heavy atom. The minimum absolute atomic E-state index is 0.141. The van der Waals surface area contributed by atoms with Gasteiger partial charge in [0.1, 0.15) is 6.04 Å². The average Bonchev–Trinajstić information content (AvgIpc) is 3.37. The highest BCUT2D eigenvalue weighted by molar-refractivity contribution is 7.11. The molecule has 0 aliphatic carbocycles. The largest absolute Gasteiger partial charge is 0.459 e. The number of nitrogens with zero attached hydrogens (tertiary/aromatic N) is 2. The van der Waals surface area contributed by atoms with Crippen molar-refractivity contribution in [2.45, 2.75) is 32.9 Å². The van der Waals surface area contributed by atoms with E-state index in [4.69, 9.17) is 4.74 Å². The van der Waals surface area contributed by atoms with Crippen LogP contribution in [0.25, 0.3) is 6.08 Å². The van der Waals surface area contributed by atoms with Crippen molar-refractivity contribution in [2.75, 3.05) is 0 Å². The van der Waals surface area contributed by atoms with Gasteiger partial charge in [0.25, 0.3) is 5.56 Å². The van der Waals surface area contributed by atoms with Crippen molar-refractivity contribution < 1.29 is 9.53 Å². The average molecular weight is 431 g/mol. The molecule has 1 aliphatic heterocycles. The van der Waals surface area contributed by atoms with E-state index < -0.39 is 12.0 Å². The molecule has 5 nitrogen and oxygen atoms in total. The first-order chi connectivity index (χ1) is 13.5. The molecular weight excluding hydrogens is 412 g/mol. The Labute approximate surface area is 173 Å². The molecule has 0 saturated carbocycles. The van der Waals surface area contributed by atoms with Gasteiger partial charge < -0.3 is 4.74 Å². The van der Waals surface area contributed by atoms with Crippen molar-refractivity contribution in [3.05, 3.63) is 75.7 Å². The molecule has 1 atom stereocenters. The predicted octanol–water partition coefficient (Wildman–Crippen LogP) is 3.31. The molecule has 144 valence electrons. The lowest BCUT2D eigenvalue weighted by atomic mass is 10.0. The van der Waals surface area contributed by atoms with Gasteiger partial charge in [0.2, 0.25) is 0 Å². The second kappa shape index (κ2) is 7.62. The summed E-state index contributed by atoms with van der Waals surface area (Å²) in [7, 11) is 0. The van der Waals surface area contributed by atoms with Crippen LogP contribution in [-0.2, 0) is 9.53 Å². The van der Waals surface area contributed by atoms with Gasteiger partial charge in [-0.05, 0) is 49.7 Å². The van der Waals surface area contributed by atoms with Crippen LogP contribution in [0.4, 0.5) is 0 Å². The molecule has 0 unspecified atom stereocenters. The van der Waals surface area contributed by atoms with Crippen LogP contribution in [0.1, 0.15) is 36.6 Å². The lowest BCUT2D eigenvalue weighted by Crippen LogP contribution is -2.39. The Kier molecular flexibility index (Phi) is 5.18. The van der Waals surface area contributed by atoms with E-state index in [1.165, 1.54) is 22.7 Å². The van der Waals surface area contributed by atoms with Crippen LogP contribution < -0.4 is 14.9 Å². The molecule has 3 aromatic rings. The number of carbonyl (C=O) groups excluding carboxylic acids is 1. The zero-order chi connectivity index (χ0) is 19.8. The number of fused-ring (bicyclic) bond motifs is 1. The quantitative estimate of drug-likeness (QED) is 0.597. The van der Waals surface area contributed by atoms with Gasteiger partial charge in [0, 0.05) is 9.75 Å². The van der Waals surface area contributed by atoms with Crippen LogP contribution in [-0.4, -0.2) is 16.6 Å². The zero-order valence-corrected chi connectivity index (χ0v) is 18.0. The Morgan fingerprint density at radius 1 is 1.25 bits per heavy atom. The molecule has 0 fully saturated rings. The summed E-state index contributed by atoms with van der Waals surface area (Å²) in [6.45, 7) is 5.42. The van der Waals surface area contributed by atoms with E-state index in [-0.39, 0.29) is 11.7 Å². The van der Waals surface area contributed by atoms with Crippen LogP contribution in [0.5, 0.6) is 0 Å². The van der Waals surface area contributed by atoms with Crippen molar-refractivity contribution in [1.82, 2.24) is 4.57 Å². The molecule has 0 spiro atoms. The van der Waals surface area contributed by atoms with Gasteiger partial charge in [-0.2, -0.15) is 0 Å². The lowest BCUT2D eigenvalue weighted by Gasteiger charge is -2.24. The Morgan fingerprint density at radius 2 is 2.00 bits per heavy atom. The minimum atomic E-state index is -0.520. The molecule has 1 aliphatic rings. The van der Waals surface area contributed by atoms with E-state index in [1.54, 1.807) is 22.8 Å². The number of aromatic nitrogens is 1. The van der Waals surface area contributed by atoms with Gasteiger partial charge in [-0.15, -0.1) is 22.7 Å². The number of ether oxygens (including phenoxy) is 1. The fraction of sp³-hybridized carbons (Fsp3) is 0.250. The number of thiazole rings is 1. The lowest BCUT2D eigenvalue weighted by molar-refractivity contribution is -0.143. The molecule has 4 heterocycles. The van der Waals surface area contributed by atoms with E-state index in [2.05, 4.69) is 4.99 Å². The molecular formula is C20H18N2O3S3. The summed E-state index contributed by atoms with van der Waals surface area (Å²) in [5, 5.41) is 3.92. The van der Waals surface area contributed by atoms with Gasteiger partial charge in [-0.25, -0.2) is 9.79 Å². The van der Waals surface area contributed by atoms with Crippen molar-refractivity contribution >= 4 is 46.1 Å². The van der Waals surface area contributed by atoms with Crippen molar-refractivity contribution in [1.29, 1.82) is 0 Å². The molecule has 0 bridgehead atoms. The van der Waals surface area contributed by atoms with E-state index in [9.17, 15) is 9.59 Å². The first-order valence-corrected chi connectivity index (χ1v) is 11.3. The molecule has 0 amide bonds. The summed E-state index contributed by atoms with van der Waals surface area (Å²) in [5.74, 6) is -0.429. The smallest absolute Gasteiger partial charge is 0.338 e. The van der Waals surface area contributed by atoms with Crippen molar-refractivity contribution in [3.63, 3.8) is 0 Å². The fourth-order valence-electron chi connectivity index (χ4n) is 3.08. The fourth-order valence-corrected chi connectivity index (χ4v) is 5.67. The van der Waals surface area contributed by atoms with Crippen molar-refractivity contribution in [3.8, 4) is 0 Å². The van der Waals surface area contributed by atoms with Crippen LogP contribution in [0, 0.1) is 0 Å². The first-order valence-electron chi connectivity index (χ1n) is 8.76. The van der Waals surface area contributed by atoms with Gasteiger partial charge >= 0.3 is 5.97 Å². The summed E-state index contributed by atoms with van der Waals surface area (Å²) in [5.41, 5.74) is 0.872. The SMILES string of the molecule is CC1=C(C(=O)OC(C)C)[C@@H](c2cccs2)n2c(s/c(=C\c3cccs3)c2=O)=N1. The third-order valence-corrected chi connectivity index (χ3v) is 6.94. The zero-order valence-electron chi connectivity index (χ0n) is 15.5. The maximum absolute atomic E-state index is 13.3. The third kappa shape index (κ3) is 3.43. The molecule has 0 saturated heterocycles. The van der Waals surface area contributed by atoms with E-state index in [0.29, 0.717) is 20.6 Å². The first kappa shape index (κ1) is 19.0. The number of rotatable bonds is 4. The molecule has 3 aromatic heterocycles. The molecule has 4 rings (SSSR count). The van der Waals surface area contributed by atoms with E-state index >= 15 is 0 Å². The Balaban J connectivity index is 1.94. The topological polar surface area (TPSA) is 60.7 Å². The summed E-state index contributed by atoms with van der Waals surface area (Å²) < 4.78 is 7.70. The molecule has 28 heavy (non-hydrogen) atoms. The number of allylic oxidation sites excluding steroid dienone is 1. The molecule has 8 heteroatoms. The number of hydrogen-bond acceptors (Lipinski definition) is 7. The summed E-state index contributed by atoms with van der Waals surface area (Å²) >= 11 is 4.43. The van der Waals surface area contributed by atoms with E-state index in [1.807, 2.05) is 54.9 Å². The second-order valence-corrected chi connectivity index (χ2v) is 9.53. The van der Waals surface area contributed by atoms with Crippen molar-refractivity contribution in [2.24, 2.45) is 4.99 Å². The van der Waals surface area contributed by atoms with Gasteiger partial charge in [-0.1, -0.05) is 23.5 Å². The van der Waals surface area contributed by atoms with Crippen LogP contribution >= 0.6 is 34.0 Å². The summed E-state index contributed by atoms with van der Waals surface area (Å²) in [4.78, 5) is 33.2. The van der Waals surface area contributed by atoms with Crippen LogP contribution in [0.3, 0.4) is 0 Å². The van der Waals surface area contributed by atoms with Gasteiger partial charge in [-0.3, -0.25) is 9.36 Å². The van der Waals surface area contributed by atoms with Gasteiger partial charge in [0.05, 0.1) is 21.9 Å². The Hall–Kier alpha value is -2.29. The minimum Gasteiger partial charge on any atom is -0.459 e. The molecule has 0 aromatic carbocycles. The second-order valence-electron chi connectivity index (χ2n) is 6.57. The highest BCUT2D eigenvalue weighted by atomic mass is 32.1. The van der Waals surface area contributed by atoms with Crippen LogP contribution in [0.2, 0.25) is 0 Å². The number of carbonyl (C=O) groups is 1. The molecule has 0 radical (unpaired) electrons. The maximum atomic E-state index is 13.3. The summed E-state index contributed by atoms with van der Waals surface area (Å²) in [6.07, 6.45) is 1.63. The van der Waals surface area contributed by atoms with Crippen LogP contribution in [0.15, 0.2) is 56.1 Å². The molecule has 0 N–H and O–H groups in total. The van der Waals surface area contributed by atoms with Gasteiger partial charge in [0.15, 0.2) is 4.80 Å². The third-order valence-electron chi connectivity index (χ3n) is 4.21. The number of esters is 1. The Bertz CT molecular complexity index is 1210. The normalized spacial score (nSPS) is 17.0. The number of thiophene rings is 2. The predicted molar refractivity (Wildman–Crippen MR) is 114 cm³/mol. The highest BCUT2D eigenvalue weighted by Crippen LogP contribution is 2.33. The maximum Gasteiger partial charge on any atom is 0.338 e. The standard InChI is InChI=1S/C20H18N2O3S3/c1-11(2)25-19(24)16-12(3)21-20-22(17(16)14-7-5-9-27-14)18(23)15(28-20)10-13-6-4-8-26-13/h4-11,17H,1-3H3/b15-10-/t17-/m1/s1. The number of hydrogen-bond donors (Lipinski definition) is 0. The summed E-state index contributed by atoms with van der Waals surface area (Å²) in [6, 6.07) is 7.26. The highest BCUT2D eigenvalue weighted by Gasteiger charge is 2.34.